The fourth-order valence-corrected chi connectivity index (χ4v) is 4.18. The molecule has 0 saturated heterocycles. The SMILES string of the molecule is C=C(C)C(=O)O.CCCCC1CCc2c(ccc3c2ccc2ccccc23)C1. The summed E-state index contributed by atoms with van der Waals surface area (Å²) in [6.45, 7) is 6.90. The van der Waals surface area contributed by atoms with Crippen molar-refractivity contribution in [3.63, 3.8) is 0 Å². The fraction of sp³-hybridized carbons (Fsp3) is 0.346. The van der Waals surface area contributed by atoms with Crippen molar-refractivity contribution in [1.82, 2.24) is 0 Å². The van der Waals surface area contributed by atoms with Crippen LogP contribution in [0.5, 0.6) is 0 Å². The van der Waals surface area contributed by atoms with Gasteiger partial charge in [-0.25, -0.2) is 4.79 Å². The zero-order chi connectivity index (χ0) is 20.1. The summed E-state index contributed by atoms with van der Waals surface area (Å²) >= 11 is 0. The van der Waals surface area contributed by atoms with E-state index in [9.17, 15) is 4.79 Å². The van der Waals surface area contributed by atoms with Gasteiger partial charge in [-0.1, -0.05) is 81.3 Å². The molecule has 3 aromatic rings. The first-order valence-electron chi connectivity index (χ1n) is 10.3. The third-order valence-electron chi connectivity index (χ3n) is 5.78. The highest BCUT2D eigenvalue weighted by molar-refractivity contribution is 6.08. The summed E-state index contributed by atoms with van der Waals surface area (Å²) in [5, 5.41) is 13.6. The minimum atomic E-state index is -0.935. The van der Waals surface area contributed by atoms with E-state index in [-0.39, 0.29) is 5.57 Å². The van der Waals surface area contributed by atoms with Crippen LogP contribution in [0.15, 0.2) is 60.7 Å². The first-order chi connectivity index (χ1) is 13.5. The number of carbonyl (C=O) groups is 1. The molecular formula is C26H30O2. The smallest absolute Gasteiger partial charge is 0.330 e. The summed E-state index contributed by atoms with van der Waals surface area (Å²) in [7, 11) is 0. The number of benzene rings is 3. The summed E-state index contributed by atoms with van der Waals surface area (Å²) in [4.78, 5) is 9.60. The number of hydrogen-bond donors (Lipinski definition) is 1. The molecule has 0 fully saturated rings. The minimum absolute atomic E-state index is 0.176. The van der Waals surface area contributed by atoms with Gasteiger partial charge in [0.2, 0.25) is 0 Å². The van der Waals surface area contributed by atoms with Gasteiger partial charge in [-0.15, -0.1) is 0 Å². The molecule has 146 valence electrons. The topological polar surface area (TPSA) is 37.3 Å². The quantitative estimate of drug-likeness (QED) is 0.397. The summed E-state index contributed by atoms with van der Waals surface area (Å²) in [5.74, 6) is -0.0274. The Bertz CT molecular complexity index is 988. The Balaban J connectivity index is 0.000000330. The molecule has 1 atom stereocenters. The zero-order valence-corrected chi connectivity index (χ0v) is 17.0. The highest BCUT2D eigenvalue weighted by Gasteiger charge is 2.20. The average molecular weight is 375 g/mol. The van der Waals surface area contributed by atoms with E-state index in [2.05, 4.69) is 62.0 Å². The predicted molar refractivity (Wildman–Crippen MR) is 119 cm³/mol. The third kappa shape index (κ3) is 4.44. The predicted octanol–water partition coefficient (Wildman–Crippen LogP) is 6.94. The molecule has 1 unspecified atom stereocenters. The van der Waals surface area contributed by atoms with Crippen molar-refractivity contribution in [3.05, 3.63) is 71.8 Å². The summed E-state index contributed by atoms with van der Waals surface area (Å²) in [6.07, 6.45) is 8.05. The second kappa shape index (κ2) is 9.05. The molecule has 0 saturated carbocycles. The number of fused-ring (bicyclic) bond motifs is 5. The van der Waals surface area contributed by atoms with Gasteiger partial charge in [0.25, 0.3) is 0 Å². The van der Waals surface area contributed by atoms with Gasteiger partial charge in [0.05, 0.1) is 0 Å². The van der Waals surface area contributed by atoms with Crippen molar-refractivity contribution < 1.29 is 9.90 Å². The molecule has 0 aliphatic heterocycles. The molecule has 0 radical (unpaired) electrons. The molecule has 3 aromatic carbocycles. The van der Waals surface area contributed by atoms with E-state index in [1.165, 1.54) is 67.0 Å². The number of unbranched alkanes of at least 4 members (excludes halogenated alkanes) is 1. The molecule has 2 nitrogen and oxygen atoms in total. The lowest BCUT2D eigenvalue weighted by Gasteiger charge is -2.26. The molecule has 4 rings (SSSR count). The number of rotatable bonds is 4. The van der Waals surface area contributed by atoms with Crippen LogP contribution in [0.2, 0.25) is 0 Å². The molecule has 0 spiro atoms. The maximum atomic E-state index is 9.60. The number of aliphatic carboxylic acids is 1. The number of aryl methyl sites for hydroxylation is 1. The van der Waals surface area contributed by atoms with E-state index < -0.39 is 5.97 Å². The minimum Gasteiger partial charge on any atom is -0.478 e. The zero-order valence-electron chi connectivity index (χ0n) is 17.0. The van der Waals surface area contributed by atoms with Crippen LogP contribution in [-0.4, -0.2) is 11.1 Å². The fourth-order valence-electron chi connectivity index (χ4n) is 4.18. The highest BCUT2D eigenvalue weighted by Crippen LogP contribution is 2.36. The van der Waals surface area contributed by atoms with Crippen LogP contribution in [0.1, 0.15) is 50.7 Å². The number of carboxylic acid groups (broad SMARTS) is 1. The van der Waals surface area contributed by atoms with E-state index in [0.717, 1.165) is 5.92 Å². The molecule has 0 amide bonds. The van der Waals surface area contributed by atoms with Gasteiger partial charge < -0.3 is 5.11 Å². The first kappa shape index (κ1) is 20.1. The van der Waals surface area contributed by atoms with Crippen LogP contribution in [-0.2, 0) is 17.6 Å². The van der Waals surface area contributed by atoms with Gasteiger partial charge in [-0.2, -0.15) is 0 Å². The van der Waals surface area contributed by atoms with E-state index in [0.29, 0.717) is 0 Å². The van der Waals surface area contributed by atoms with Gasteiger partial charge in [-0.3, -0.25) is 0 Å². The Morgan fingerprint density at radius 2 is 1.79 bits per heavy atom. The molecule has 1 aliphatic rings. The Morgan fingerprint density at radius 3 is 2.50 bits per heavy atom. The maximum Gasteiger partial charge on any atom is 0.330 e. The normalized spacial score (nSPS) is 15.6. The largest absolute Gasteiger partial charge is 0.478 e. The van der Waals surface area contributed by atoms with Gasteiger partial charge >= 0.3 is 5.97 Å². The lowest BCUT2D eigenvalue weighted by atomic mass is 9.79. The Hall–Kier alpha value is -2.61. The van der Waals surface area contributed by atoms with Crippen molar-refractivity contribution in [2.75, 3.05) is 0 Å². The molecule has 0 bridgehead atoms. The lowest BCUT2D eigenvalue weighted by Crippen LogP contribution is -2.14. The highest BCUT2D eigenvalue weighted by atomic mass is 16.4. The van der Waals surface area contributed by atoms with Crippen molar-refractivity contribution in [2.24, 2.45) is 5.92 Å². The number of carboxylic acids is 1. The van der Waals surface area contributed by atoms with E-state index in [1.807, 2.05) is 0 Å². The van der Waals surface area contributed by atoms with E-state index in [4.69, 9.17) is 5.11 Å². The second-order valence-corrected chi connectivity index (χ2v) is 7.92. The molecule has 0 aromatic heterocycles. The maximum absolute atomic E-state index is 9.60. The molecule has 0 heterocycles. The van der Waals surface area contributed by atoms with Gasteiger partial charge in [0.1, 0.15) is 0 Å². The summed E-state index contributed by atoms with van der Waals surface area (Å²) < 4.78 is 0. The molecule has 1 N–H and O–H groups in total. The molecule has 1 aliphatic carbocycles. The molecular weight excluding hydrogens is 344 g/mol. The van der Waals surface area contributed by atoms with Crippen LogP contribution in [0.4, 0.5) is 0 Å². The van der Waals surface area contributed by atoms with Crippen LogP contribution in [0.3, 0.4) is 0 Å². The van der Waals surface area contributed by atoms with Crippen LogP contribution >= 0.6 is 0 Å². The summed E-state index contributed by atoms with van der Waals surface area (Å²) in [6, 6.07) is 18.2. The van der Waals surface area contributed by atoms with Gasteiger partial charge in [-0.05, 0) is 64.8 Å². The van der Waals surface area contributed by atoms with Crippen molar-refractivity contribution in [1.29, 1.82) is 0 Å². The standard InChI is InChI=1S/C22H24.C4H6O2/c1-2-3-6-16-9-12-20-18(15-16)11-14-21-19-8-5-4-7-17(19)10-13-22(20)21;1-3(2)4(5)6/h4-5,7-8,10-11,13-14,16H,2-3,6,9,12,15H2,1H3;1H2,2H3,(H,5,6). The Labute approximate surface area is 167 Å². The Kier molecular flexibility index (Phi) is 6.51. The van der Waals surface area contributed by atoms with Crippen LogP contribution < -0.4 is 0 Å². The van der Waals surface area contributed by atoms with E-state index >= 15 is 0 Å². The third-order valence-corrected chi connectivity index (χ3v) is 5.78. The van der Waals surface area contributed by atoms with Gasteiger partial charge in [0, 0.05) is 5.57 Å². The lowest BCUT2D eigenvalue weighted by molar-refractivity contribution is -0.132. The van der Waals surface area contributed by atoms with E-state index in [1.54, 1.807) is 11.1 Å². The second-order valence-electron chi connectivity index (χ2n) is 7.92. The van der Waals surface area contributed by atoms with Crippen molar-refractivity contribution >= 4 is 27.5 Å². The summed E-state index contributed by atoms with van der Waals surface area (Å²) in [5.41, 5.74) is 3.40. The monoisotopic (exact) mass is 374 g/mol. The Morgan fingerprint density at radius 1 is 1.07 bits per heavy atom. The molecule has 2 heteroatoms. The van der Waals surface area contributed by atoms with Crippen molar-refractivity contribution in [2.45, 2.75) is 52.4 Å². The average Bonchev–Trinajstić information content (AvgIpc) is 2.71. The van der Waals surface area contributed by atoms with Crippen LogP contribution in [0.25, 0.3) is 21.5 Å². The van der Waals surface area contributed by atoms with Crippen LogP contribution in [0, 0.1) is 5.92 Å². The number of hydrogen-bond acceptors (Lipinski definition) is 1. The van der Waals surface area contributed by atoms with Crippen molar-refractivity contribution in [3.8, 4) is 0 Å². The van der Waals surface area contributed by atoms with Gasteiger partial charge in [0.15, 0.2) is 0 Å². The first-order valence-corrected chi connectivity index (χ1v) is 10.3. The molecule has 28 heavy (non-hydrogen) atoms.